The Bertz CT molecular complexity index is 954. The smallest absolute Gasteiger partial charge is 0.275 e. The highest BCUT2D eigenvalue weighted by Crippen LogP contribution is 2.19. The van der Waals surface area contributed by atoms with Crippen molar-refractivity contribution >= 4 is 12.1 Å². The number of unbranched alkanes of at least 4 members (excludes halogenated alkanes) is 1. The summed E-state index contributed by atoms with van der Waals surface area (Å²) in [5.74, 6) is 1.02. The number of nitrogens with one attached hydrogen (secondary N) is 1. The molecular formula is C25H26N2O3. The lowest BCUT2D eigenvalue weighted by Crippen LogP contribution is -2.18. The normalized spacial score (nSPS) is 10.7. The molecule has 0 spiro atoms. The van der Waals surface area contributed by atoms with Crippen LogP contribution in [-0.4, -0.2) is 18.7 Å². The molecule has 1 N–H and O–H groups in total. The maximum absolute atomic E-state index is 12.5. The van der Waals surface area contributed by atoms with E-state index >= 15 is 0 Å². The number of carbonyl (C=O) groups is 1. The Morgan fingerprint density at radius 2 is 1.67 bits per heavy atom. The number of para-hydroxylation sites is 1. The summed E-state index contributed by atoms with van der Waals surface area (Å²) in [5.41, 5.74) is 4.90. The molecule has 0 aliphatic heterocycles. The third-order valence-electron chi connectivity index (χ3n) is 4.40. The molecule has 0 unspecified atom stereocenters. The van der Waals surface area contributed by atoms with Gasteiger partial charge in [0.2, 0.25) is 0 Å². The molecule has 154 valence electrons. The Balaban J connectivity index is 1.55. The van der Waals surface area contributed by atoms with Gasteiger partial charge in [-0.2, -0.15) is 5.10 Å². The Labute approximate surface area is 177 Å². The van der Waals surface area contributed by atoms with Gasteiger partial charge in [-0.15, -0.1) is 0 Å². The van der Waals surface area contributed by atoms with Gasteiger partial charge in [0.05, 0.1) is 18.4 Å². The topological polar surface area (TPSA) is 59.9 Å². The van der Waals surface area contributed by atoms with Gasteiger partial charge in [0, 0.05) is 0 Å². The lowest BCUT2D eigenvalue weighted by molar-refractivity contribution is 0.0950. The second kappa shape index (κ2) is 11.4. The van der Waals surface area contributed by atoms with Crippen LogP contribution < -0.4 is 14.9 Å². The van der Waals surface area contributed by atoms with Crippen molar-refractivity contribution in [2.45, 2.75) is 26.4 Å². The van der Waals surface area contributed by atoms with Gasteiger partial charge >= 0.3 is 0 Å². The van der Waals surface area contributed by atoms with Gasteiger partial charge in [-0.3, -0.25) is 4.79 Å². The van der Waals surface area contributed by atoms with Crippen LogP contribution in [0.25, 0.3) is 0 Å². The predicted molar refractivity (Wildman–Crippen MR) is 119 cm³/mol. The molecule has 5 heteroatoms. The molecule has 0 heterocycles. The minimum Gasteiger partial charge on any atom is -0.494 e. The lowest BCUT2D eigenvalue weighted by Gasteiger charge is -2.10. The fourth-order valence-corrected chi connectivity index (χ4v) is 2.73. The van der Waals surface area contributed by atoms with Crippen LogP contribution in [0.2, 0.25) is 0 Å². The number of nitrogens with zero attached hydrogens (tertiary/aromatic N) is 1. The number of ether oxygens (including phenoxy) is 2. The van der Waals surface area contributed by atoms with Crippen molar-refractivity contribution in [1.29, 1.82) is 0 Å². The maximum atomic E-state index is 12.5. The van der Waals surface area contributed by atoms with Crippen LogP contribution in [0.4, 0.5) is 0 Å². The summed E-state index contributed by atoms with van der Waals surface area (Å²) in [6.45, 7) is 3.23. The number of hydrazone groups is 1. The zero-order valence-corrected chi connectivity index (χ0v) is 17.1. The molecule has 1 amide bonds. The van der Waals surface area contributed by atoms with E-state index in [1.807, 2.05) is 60.7 Å². The Hall–Kier alpha value is -3.60. The first-order valence-corrected chi connectivity index (χ1v) is 10.1. The molecule has 0 fully saturated rings. The van der Waals surface area contributed by atoms with Gasteiger partial charge in [0.1, 0.15) is 18.1 Å². The van der Waals surface area contributed by atoms with E-state index in [0.717, 1.165) is 29.7 Å². The predicted octanol–water partition coefficient (Wildman–Crippen LogP) is 5.21. The van der Waals surface area contributed by atoms with E-state index in [-0.39, 0.29) is 5.91 Å². The maximum Gasteiger partial charge on any atom is 0.275 e. The van der Waals surface area contributed by atoms with Crippen molar-refractivity contribution in [3.8, 4) is 11.5 Å². The van der Waals surface area contributed by atoms with E-state index in [4.69, 9.17) is 9.47 Å². The highest BCUT2D eigenvalue weighted by Gasteiger charge is 2.11. The van der Waals surface area contributed by atoms with Crippen LogP contribution in [0, 0.1) is 0 Å². The minimum absolute atomic E-state index is 0.325. The van der Waals surface area contributed by atoms with Crippen LogP contribution in [0.15, 0.2) is 84.0 Å². The van der Waals surface area contributed by atoms with Crippen molar-refractivity contribution in [3.05, 3.63) is 95.6 Å². The molecule has 0 aliphatic rings. The summed E-state index contributed by atoms with van der Waals surface area (Å²) >= 11 is 0. The van der Waals surface area contributed by atoms with Gasteiger partial charge in [0.15, 0.2) is 0 Å². The number of carbonyl (C=O) groups excluding carboxylic acids is 1. The summed E-state index contributed by atoms with van der Waals surface area (Å²) in [7, 11) is 0. The molecule has 30 heavy (non-hydrogen) atoms. The first kappa shape index (κ1) is 21.1. The third-order valence-corrected chi connectivity index (χ3v) is 4.40. The van der Waals surface area contributed by atoms with E-state index in [9.17, 15) is 4.79 Å². The van der Waals surface area contributed by atoms with Crippen LogP contribution in [-0.2, 0) is 6.61 Å². The van der Waals surface area contributed by atoms with Crippen molar-refractivity contribution in [2.24, 2.45) is 5.10 Å². The zero-order valence-electron chi connectivity index (χ0n) is 17.1. The molecular weight excluding hydrogens is 376 g/mol. The van der Waals surface area contributed by atoms with Crippen molar-refractivity contribution in [3.63, 3.8) is 0 Å². The van der Waals surface area contributed by atoms with Crippen LogP contribution >= 0.6 is 0 Å². The average molecular weight is 402 g/mol. The van der Waals surface area contributed by atoms with Crippen LogP contribution in [0.5, 0.6) is 11.5 Å². The summed E-state index contributed by atoms with van der Waals surface area (Å²) < 4.78 is 11.5. The summed E-state index contributed by atoms with van der Waals surface area (Å²) in [6, 6.07) is 24.5. The van der Waals surface area contributed by atoms with Crippen LogP contribution in [0.3, 0.4) is 0 Å². The number of hydrogen-bond acceptors (Lipinski definition) is 4. The number of amides is 1. The first-order valence-electron chi connectivity index (χ1n) is 10.1. The van der Waals surface area contributed by atoms with E-state index < -0.39 is 0 Å². The summed E-state index contributed by atoms with van der Waals surface area (Å²) in [4.78, 5) is 12.5. The van der Waals surface area contributed by atoms with Crippen molar-refractivity contribution < 1.29 is 14.3 Å². The molecule has 0 saturated heterocycles. The molecule has 3 aromatic carbocycles. The van der Waals surface area contributed by atoms with E-state index in [0.29, 0.717) is 24.5 Å². The van der Waals surface area contributed by atoms with Gasteiger partial charge < -0.3 is 9.47 Å². The highest BCUT2D eigenvalue weighted by molar-refractivity contribution is 5.97. The van der Waals surface area contributed by atoms with Crippen molar-refractivity contribution in [1.82, 2.24) is 5.43 Å². The molecule has 0 atom stereocenters. The SMILES string of the molecule is CCCCOc1ccc(/C=N/NC(=O)c2ccccc2OCc2ccccc2)cc1. The summed E-state index contributed by atoms with van der Waals surface area (Å²) in [5, 5.41) is 4.06. The molecule has 0 aliphatic carbocycles. The molecule has 0 saturated carbocycles. The van der Waals surface area contributed by atoms with Gasteiger partial charge in [-0.1, -0.05) is 55.8 Å². The quantitative estimate of drug-likeness (QED) is 0.288. The summed E-state index contributed by atoms with van der Waals surface area (Å²) in [6.07, 6.45) is 3.73. The molecule has 3 rings (SSSR count). The van der Waals surface area contributed by atoms with E-state index in [2.05, 4.69) is 17.5 Å². The number of rotatable bonds is 10. The third kappa shape index (κ3) is 6.48. The highest BCUT2D eigenvalue weighted by atomic mass is 16.5. The Morgan fingerprint density at radius 3 is 2.43 bits per heavy atom. The Kier molecular flexibility index (Phi) is 8.03. The first-order chi connectivity index (χ1) is 14.8. The molecule has 0 radical (unpaired) electrons. The number of benzene rings is 3. The van der Waals surface area contributed by atoms with E-state index in [1.54, 1.807) is 24.4 Å². The van der Waals surface area contributed by atoms with Gasteiger partial charge in [-0.05, 0) is 53.9 Å². The molecule has 0 bridgehead atoms. The second-order valence-electron chi connectivity index (χ2n) is 6.74. The van der Waals surface area contributed by atoms with Crippen molar-refractivity contribution in [2.75, 3.05) is 6.61 Å². The van der Waals surface area contributed by atoms with E-state index in [1.165, 1.54) is 0 Å². The molecule has 0 aromatic heterocycles. The largest absolute Gasteiger partial charge is 0.494 e. The fourth-order valence-electron chi connectivity index (χ4n) is 2.73. The van der Waals surface area contributed by atoms with Gasteiger partial charge in [0.25, 0.3) is 5.91 Å². The monoisotopic (exact) mass is 402 g/mol. The Morgan fingerprint density at radius 1 is 0.933 bits per heavy atom. The standard InChI is InChI=1S/C25H26N2O3/c1-2-3-17-29-22-15-13-20(14-16-22)18-26-27-25(28)23-11-7-8-12-24(23)30-19-21-9-5-4-6-10-21/h4-16,18H,2-3,17,19H2,1H3,(H,27,28)/b26-18+. The van der Waals surface area contributed by atoms with Gasteiger partial charge in [-0.25, -0.2) is 5.43 Å². The fraction of sp³-hybridized carbons (Fsp3) is 0.200. The van der Waals surface area contributed by atoms with Crippen LogP contribution in [0.1, 0.15) is 41.3 Å². The minimum atomic E-state index is -0.325. The zero-order chi connectivity index (χ0) is 21.0. The second-order valence-corrected chi connectivity index (χ2v) is 6.74. The number of hydrogen-bond donors (Lipinski definition) is 1. The molecule has 3 aromatic rings. The average Bonchev–Trinajstić information content (AvgIpc) is 2.80. The lowest BCUT2D eigenvalue weighted by atomic mass is 10.2. The molecule has 5 nitrogen and oxygen atoms in total.